The predicted molar refractivity (Wildman–Crippen MR) is 74.2 cm³/mol. The van der Waals surface area contributed by atoms with E-state index >= 15 is 0 Å². The van der Waals surface area contributed by atoms with Gasteiger partial charge in [-0.15, -0.1) is 11.3 Å². The van der Waals surface area contributed by atoms with Crippen molar-refractivity contribution >= 4 is 27.3 Å². The number of halogens is 1. The summed E-state index contributed by atoms with van der Waals surface area (Å²) in [4.78, 5) is 9.45. The highest BCUT2D eigenvalue weighted by Gasteiger charge is 2.17. The van der Waals surface area contributed by atoms with E-state index in [1.165, 1.54) is 4.88 Å². The molecule has 17 heavy (non-hydrogen) atoms. The second kappa shape index (κ2) is 6.23. The Morgan fingerprint density at radius 3 is 2.76 bits per heavy atom. The first kappa shape index (κ1) is 12.7. The molecule has 0 aliphatic rings. The second-order valence-electron chi connectivity index (χ2n) is 3.69. The van der Waals surface area contributed by atoms with E-state index < -0.39 is 0 Å². The molecule has 2 heterocycles. The smallest absolute Gasteiger partial charge is 0.115 e. The summed E-state index contributed by atoms with van der Waals surface area (Å²) in [5, 5.41) is 5.62. The standard InChI is InChI=1S/C12H14BrN3S/c1-2-4-16-11(9-6-14-8-15-7-9)12-10(13)3-5-17-12/h3,5-8,11,16H,2,4H2,1H3. The maximum atomic E-state index is 4.09. The molecule has 90 valence electrons. The fourth-order valence-electron chi connectivity index (χ4n) is 1.62. The summed E-state index contributed by atoms with van der Waals surface area (Å²) in [7, 11) is 0. The number of nitrogens with one attached hydrogen (secondary N) is 1. The number of thiophene rings is 1. The van der Waals surface area contributed by atoms with E-state index in [1.54, 1.807) is 17.7 Å². The lowest BCUT2D eigenvalue weighted by Crippen LogP contribution is -2.22. The van der Waals surface area contributed by atoms with Gasteiger partial charge in [0.25, 0.3) is 0 Å². The Morgan fingerprint density at radius 1 is 1.41 bits per heavy atom. The summed E-state index contributed by atoms with van der Waals surface area (Å²) < 4.78 is 1.14. The van der Waals surface area contributed by atoms with Gasteiger partial charge in [-0.3, -0.25) is 0 Å². The van der Waals surface area contributed by atoms with E-state index in [2.05, 4.69) is 49.6 Å². The van der Waals surface area contributed by atoms with Gasteiger partial charge in [-0.25, -0.2) is 9.97 Å². The van der Waals surface area contributed by atoms with Crippen LogP contribution < -0.4 is 5.32 Å². The normalized spacial score (nSPS) is 12.6. The summed E-state index contributed by atoms with van der Waals surface area (Å²) in [5.41, 5.74) is 1.10. The minimum absolute atomic E-state index is 0.172. The lowest BCUT2D eigenvalue weighted by atomic mass is 10.1. The zero-order valence-electron chi connectivity index (χ0n) is 9.56. The molecule has 1 unspecified atom stereocenters. The lowest BCUT2D eigenvalue weighted by molar-refractivity contribution is 0.601. The second-order valence-corrected chi connectivity index (χ2v) is 5.49. The van der Waals surface area contributed by atoms with Crippen molar-refractivity contribution in [1.82, 2.24) is 15.3 Å². The first-order valence-corrected chi connectivity index (χ1v) is 7.21. The Bertz CT molecular complexity index is 458. The Morgan fingerprint density at radius 2 is 2.18 bits per heavy atom. The average Bonchev–Trinajstić information content (AvgIpc) is 2.78. The van der Waals surface area contributed by atoms with Crippen molar-refractivity contribution in [2.24, 2.45) is 0 Å². The third-order valence-electron chi connectivity index (χ3n) is 2.42. The van der Waals surface area contributed by atoms with Crippen LogP contribution in [0.1, 0.15) is 29.8 Å². The molecule has 0 fully saturated rings. The third kappa shape index (κ3) is 3.12. The molecule has 5 heteroatoms. The number of rotatable bonds is 5. The van der Waals surface area contributed by atoms with E-state index in [0.717, 1.165) is 23.0 Å². The van der Waals surface area contributed by atoms with Crippen LogP contribution in [0.3, 0.4) is 0 Å². The molecule has 1 N–H and O–H groups in total. The molecule has 3 nitrogen and oxygen atoms in total. The van der Waals surface area contributed by atoms with Crippen LogP contribution in [0.2, 0.25) is 0 Å². The molecule has 0 aliphatic heterocycles. The first-order chi connectivity index (χ1) is 8.33. The highest BCUT2D eigenvalue weighted by Crippen LogP contribution is 2.32. The monoisotopic (exact) mass is 311 g/mol. The summed E-state index contributed by atoms with van der Waals surface area (Å²) in [6, 6.07) is 2.25. The predicted octanol–water partition coefficient (Wildman–Crippen LogP) is 3.39. The highest BCUT2D eigenvalue weighted by molar-refractivity contribution is 9.10. The van der Waals surface area contributed by atoms with E-state index in [-0.39, 0.29) is 6.04 Å². The van der Waals surface area contributed by atoms with Gasteiger partial charge in [0.2, 0.25) is 0 Å². The minimum Gasteiger partial charge on any atom is -0.305 e. The van der Waals surface area contributed by atoms with Gasteiger partial charge in [0.15, 0.2) is 0 Å². The molecule has 0 bridgehead atoms. The first-order valence-electron chi connectivity index (χ1n) is 5.54. The molecular formula is C12H14BrN3S. The Hall–Kier alpha value is -0.780. The lowest BCUT2D eigenvalue weighted by Gasteiger charge is -2.17. The molecule has 2 aromatic heterocycles. The molecule has 0 aromatic carbocycles. The van der Waals surface area contributed by atoms with Crippen molar-refractivity contribution < 1.29 is 0 Å². The van der Waals surface area contributed by atoms with Gasteiger partial charge in [-0.1, -0.05) is 6.92 Å². The summed E-state index contributed by atoms with van der Waals surface area (Å²) in [5.74, 6) is 0. The summed E-state index contributed by atoms with van der Waals surface area (Å²) in [6.07, 6.45) is 6.40. The van der Waals surface area contributed by atoms with Gasteiger partial charge in [-0.2, -0.15) is 0 Å². The van der Waals surface area contributed by atoms with Crippen LogP contribution in [0.15, 0.2) is 34.6 Å². The third-order valence-corrected chi connectivity index (χ3v) is 4.35. The molecule has 0 spiro atoms. The quantitative estimate of drug-likeness (QED) is 0.919. The van der Waals surface area contributed by atoms with Crippen molar-refractivity contribution in [2.45, 2.75) is 19.4 Å². The minimum atomic E-state index is 0.172. The maximum Gasteiger partial charge on any atom is 0.115 e. The van der Waals surface area contributed by atoms with Gasteiger partial charge in [0, 0.05) is 27.3 Å². The molecule has 0 saturated heterocycles. The van der Waals surface area contributed by atoms with Gasteiger partial charge >= 0.3 is 0 Å². The highest BCUT2D eigenvalue weighted by atomic mass is 79.9. The molecule has 2 rings (SSSR count). The summed E-state index contributed by atoms with van der Waals surface area (Å²) >= 11 is 5.32. The van der Waals surface area contributed by atoms with Crippen LogP contribution in [0.5, 0.6) is 0 Å². The molecular weight excluding hydrogens is 298 g/mol. The average molecular weight is 312 g/mol. The van der Waals surface area contributed by atoms with Crippen molar-refractivity contribution in [3.8, 4) is 0 Å². The van der Waals surface area contributed by atoms with Crippen molar-refractivity contribution in [1.29, 1.82) is 0 Å². The molecule has 0 amide bonds. The van der Waals surface area contributed by atoms with Crippen LogP contribution in [0.4, 0.5) is 0 Å². The molecule has 1 atom stereocenters. The van der Waals surface area contributed by atoms with Crippen LogP contribution in [0, 0.1) is 0 Å². The van der Waals surface area contributed by atoms with E-state index in [0.29, 0.717) is 0 Å². The van der Waals surface area contributed by atoms with Gasteiger partial charge in [0.1, 0.15) is 6.33 Å². The zero-order chi connectivity index (χ0) is 12.1. The van der Waals surface area contributed by atoms with Crippen LogP contribution in [-0.4, -0.2) is 16.5 Å². The Labute approximate surface area is 113 Å². The number of nitrogens with zero attached hydrogens (tertiary/aromatic N) is 2. The van der Waals surface area contributed by atoms with E-state index in [4.69, 9.17) is 0 Å². The van der Waals surface area contributed by atoms with Gasteiger partial charge < -0.3 is 5.32 Å². The van der Waals surface area contributed by atoms with Crippen LogP contribution in [-0.2, 0) is 0 Å². The number of hydrogen-bond acceptors (Lipinski definition) is 4. The Kier molecular flexibility index (Phi) is 4.65. The van der Waals surface area contributed by atoms with E-state index in [1.807, 2.05) is 12.4 Å². The molecule has 0 radical (unpaired) electrons. The Balaban J connectivity index is 2.29. The molecule has 0 aliphatic carbocycles. The van der Waals surface area contributed by atoms with Crippen molar-refractivity contribution in [2.75, 3.05) is 6.54 Å². The van der Waals surface area contributed by atoms with Crippen LogP contribution >= 0.6 is 27.3 Å². The maximum absolute atomic E-state index is 4.09. The van der Waals surface area contributed by atoms with Crippen molar-refractivity contribution in [3.05, 3.63) is 45.1 Å². The SMILES string of the molecule is CCCNC(c1cncnc1)c1sccc1Br. The van der Waals surface area contributed by atoms with Crippen molar-refractivity contribution in [3.63, 3.8) is 0 Å². The van der Waals surface area contributed by atoms with Gasteiger partial charge in [0.05, 0.1) is 6.04 Å². The largest absolute Gasteiger partial charge is 0.305 e. The molecule has 0 saturated carbocycles. The number of hydrogen-bond donors (Lipinski definition) is 1. The van der Waals surface area contributed by atoms with E-state index in [9.17, 15) is 0 Å². The number of aromatic nitrogens is 2. The molecule has 2 aromatic rings. The fourth-order valence-corrected chi connectivity index (χ4v) is 3.32. The summed E-state index contributed by atoms with van der Waals surface area (Å²) in [6.45, 7) is 3.14. The topological polar surface area (TPSA) is 37.8 Å². The van der Waals surface area contributed by atoms with Crippen LogP contribution in [0.25, 0.3) is 0 Å². The van der Waals surface area contributed by atoms with Gasteiger partial charge in [-0.05, 0) is 40.3 Å². The zero-order valence-corrected chi connectivity index (χ0v) is 12.0. The fraction of sp³-hybridized carbons (Fsp3) is 0.333.